The lowest BCUT2D eigenvalue weighted by Gasteiger charge is -2.19. The molecule has 1 heterocycles. The monoisotopic (exact) mass is 160 g/mol. The SMILES string of the molecule is Cc1ccc2c(c1)CN(C)N=C2. The third-order valence-corrected chi connectivity index (χ3v) is 2.09. The maximum Gasteiger partial charge on any atom is 0.0613 e. The zero-order chi connectivity index (χ0) is 8.55. The molecule has 0 saturated heterocycles. The van der Waals surface area contributed by atoms with Crippen molar-refractivity contribution in [1.29, 1.82) is 0 Å². The molecule has 2 heteroatoms. The highest BCUT2D eigenvalue weighted by Crippen LogP contribution is 2.15. The van der Waals surface area contributed by atoms with Gasteiger partial charge in [-0.25, -0.2) is 0 Å². The molecule has 1 aromatic carbocycles. The molecule has 0 amide bonds. The molecule has 1 aliphatic heterocycles. The summed E-state index contributed by atoms with van der Waals surface area (Å²) in [5, 5.41) is 6.16. The van der Waals surface area contributed by atoms with Gasteiger partial charge in [0, 0.05) is 7.05 Å². The normalized spacial score (nSPS) is 14.7. The van der Waals surface area contributed by atoms with Crippen LogP contribution in [-0.4, -0.2) is 18.3 Å². The fourth-order valence-electron chi connectivity index (χ4n) is 1.45. The average Bonchev–Trinajstić information content (AvgIpc) is 2.03. The van der Waals surface area contributed by atoms with Crippen molar-refractivity contribution in [2.45, 2.75) is 13.5 Å². The van der Waals surface area contributed by atoms with Crippen molar-refractivity contribution in [3.8, 4) is 0 Å². The van der Waals surface area contributed by atoms with Crippen LogP contribution in [0.2, 0.25) is 0 Å². The van der Waals surface area contributed by atoms with E-state index in [4.69, 9.17) is 0 Å². The number of nitrogens with zero attached hydrogens (tertiary/aromatic N) is 2. The van der Waals surface area contributed by atoms with E-state index in [-0.39, 0.29) is 0 Å². The molecule has 12 heavy (non-hydrogen) atoms. The molecule has 0 unspecified atom stereocenters. The molecule has 0 fully saturated rings. The quantitative estimate of drug-likeness (QED) is 0.564. The van der Waals surface area contributed by atoms with Gasteiger partial charge in [-0.15, -0.1) is 0 Å². The van der Waals surface area contributed by atoms with Crippen molar-refractivity contribution >= 4 is 6.21 Å². The van der Waals surface area contributed by atoms with E-state index in [1.54, 1.807) is 0 Å². The molecule has 0 radical (unpaired) electrons. The number of hydrogen-bond acceptors (Lipinski definition) is 2. The Morgan fingerprint density at radius 3 is 3.08 bits per heavy atom. The fourth-order valence-corrected chi connectivity index (χ4v) is 1.45. The summed E-state index contributed by atoms with van der Waals surface area (Å²) in [6, 6.07) is 6.47. The molecule has 1 aromatic rings. The van der Waals surface area contributed by atoms with Crippen LogP contribution in [0.25, 0.3) is 0 Å². The molecule has 0 atom stereocenters. The first kappa shape index (κ1) is 7.35. The van der Waals surface area contributed by atoms with Crippen LogP contribution in [0.3, 0.4) is 0 Å². The number of fused-ring (bicyclic) bond motifs is 1. The van der Waals surface area contributed by atoms with E-state index in [2.05, 4.69) is 30.2 Å². The van der Waals surface area contributed by atoms with Crippen LogP contribution in [0.15, 0.2) is 23.3 Å². The Morgan fingerprint density at radius 2 is 2.25 bits per heavy atom. The van der Waals surface area contributed by atoms with Crippen LogP contribution < -0.4 is 0 Å². The summed E-state index contributed by atoms with van der Waals surface area (Å²) in [5.41, 5.74) is 3.93. The predicted octanol–water partition coefficient (Wildman–Crippen LogP) is 1.77. The molecule has 0 aromatic heterocycles. The predicted molar refractivity (Wildman–Crippen MR) is 50.2 cm³/mol. The number of benzene rings is 1. The lowest BCUT2D eigenvalue weighted by molar-refractivity contribution is 0.343. The third kappa shape index (κ3) is 1.20. The van der Waals surface area contributed by atoms with Crippen LogP contribution in [-0.2, 0) is 6.54 Å². The van der Waals surface area contributed by atoms with Crippen LogP contribution in [0.1, 0.15) is 16.7 Å². The van der Waals surface area contributed by atoms with Crippen molar-refractivity contribution in [1.82, 2.24) is 5.01 Å². The summed E-state index contributed by atoms with van der Waals surface area (Å²) in [5.74, 6) is 0. The second kappa shape index (κ2) is 2.63. The summed E-state index contributed by atoms with van der Waals surface area (Å²) >= 11 is 0. The van der Waals surface area contributed by atoms with E-state index in [1.807, 2.05) is 18.3 Å². The Labute approximate surface area is 72.5 Å². The summed E-state index contributed by atoms with van der Waals surface area (Å²) in [6.45, 7) is 3.04. The first-order valence-corrected chi connectivity index (χ1v) is 4.10. The minimum absolute atomic E-state index is 0.924. The Kier molecular flexibility index (Phi) is 1.61. The van der Waals surface area contributed by atoms with Gasteiger partial charge in [-0.05, 0) is 18.1 Å². The van der Waals surface area contributed by atoms with Crippen LogP contribution in [0.5, 0.6) is 0 Å². The van der Waals surface area contributed by atoms with Gasteiger partial charge < -0.3 is 0 Å². The Balaban J connectivity index is 2.47. The van der Waals surface area contributed by atoms with Crippen LogP contribution in [0, 0.1) is 6.92 Å². The lowest BCUT2D eigenvalue weighted by Crippen LogP contribution is -2.16. The molecule has 0 bridgehead atoms. The van der Waals surface area contributed by atoms with Gasteiger partial charge in [-0.2, -0.15) is 5.10 Å². The molecule has 2 rings (SSSR count). The summed E-state index contributed by atoms with van der Waals surface area (Å²) in [4.78, 5) is 0. The van der Waals surface area contributed by atoms with Crippen molar-refractivity contribution < 1.29 is 0 Å². The number of aryl methyl sites for hydroxylation is 1. The molecule has 0 saturated carbocycles. The number of rotatable bonds is 0. The van der Waals surface area contributed by atoms with Gasteiger partial charge in [0.05, 0.1) is 12.8 Å². The van der Waals surface area contributed by atoms with Crippen molar-refractivity contribution in [2.75, 3.05) is 7.05 Å². The smallest absolute Gasteiger partial charge is 0.0613 e. The number of hydrogen-bond donors (Lipinski definition) is 0. The first-order chi connectivity index (χ1) is 5.75. The van der Waals surface area contributed by atoms with Crippen molar-refractivity contribution in [2.24, 2.45) is 5.10 Å². The van der Waals surface area contributed by atoms with Gasteiger partial charge in [0.25, 0.3) is 0 Å². The van der Waals surface area contributed by atoms with E-state index >= 15 is 0 Å². The highest BCUT2D eigenvalue weighted by Gasteiger charge is 2.07. The third-order valence-electron chi connectivity index (χ3n) is 2.09. The minimum atomic E-state index is 0.924. The topological polar surface area (TPSA) is 15.6 Å². The standard InChI is InChI=1S/C10H12N2/c1-8-3-4-9-6-11-12(2)7-10(9)5-8/h3-6H,7H2,1-2H3. The highest BCUT2D eigenvalue weighted by atomic mass is 15.4. The zero-order valence-corrected chi connectivity index (χ0v) is 7.41. The minimum Gasteiger partial charge on any atom is -0.296 e. The molecular formula is C10H12N2. The van der Waals surface area contributed by atoms with E-state index in [0.717, 1.165) is 6.54 Å². The van der Waals surface area contributed by atoms with Gasteiger partial charge in [0.1, 0.15) is 0 Å². The van der Waals surface area contributed by atoms with Crippen LogP contribution >= 0.6 is 0 Å². The summed E-state index contributed by atoms with van der Waals surface area (Å²) < 4.78 is 0. The van der Waals surface area contributed by atoms with E-state index < -0.39 is 0 Å². The van der Waals surface area contributed by atoms with Crippen molar-refractivity contribution in [3.05, 3.63) is 34.9 Å². The van der Waals surface area contributed by atoms with Crippen molar-refractivity contribution in [3.63, 3.8) is 0 Å². The maximum absolute atomic E-state index is 4.21. The first-order valence-electron chi connectivity index (χ1n) is 4.10. The molecule has 1 aliphatic rings. The largest absolute Gasteiger partial charge is 0.296 e. The molecule has 0 aliphatic carbocycles. The fraction of sp³-hybridized carbons (Fsp3) is 0.300. The van der Waals surface area contributed by atoms with E-state index in [1.165, 1.54) is 16.7 Å². The summed E-state index contributed by atoms with van der Waals surface area (Å²) in [6.07, 6.45) is 1.91. The molecule has 2 nitrogen and oxygen atoms in total. The van der Waals surface area contributed by atoms with Gasteiger partial charge in [0.2, 0.25) is 0 Å². The van der Waals surface area contributed by atoms with Gasteiger partial charge in [-0.3, -0.25) is 5.01 Å². The van der Waals surface area contributed by atoms with Crippen LogP contribution in [0.4, 0.5) is 0 Å². The Hall–Kier alpha value is -1.31. The van der Waals surface area contributed by atoms with Gasteiger partial charge in [-0.1, -0.05) is 23.8 Å². The summed E-state index contributed by atoms with van der Waals surface area (Å²) in [7, 11) is 1.99. The lowest BCUT2D eigenvalue weighted by atomic mass is 10.0. The molecular weight excluding hydrogens is 148 g/mol. The Morgan fingerprint density at radius 1 is 1.42 bits per heavy atom. The second-order valence-corrected chi connectivity index (χ2v) is 3.26. The highest BCUT2D eigenvalue weighted by molar-refractivity contribution is 5.82. The number of hydrazone groups is 1. The van der Waals surface area contributed by atoms with Gasteiger partial charge >= 0.3 is 0 Å². The Bertz CT molecular complexity index is 329. The van der Waals surface area contributed by atoms with E-state index in [0.29, 0.717) is 0 Å². The molecule has 62 valence electrons. The maximum atomic E-state index is 4.21. The second-order valence-electron chi connectivity index (χ2n) is 3.26. The molecule has 0 N–H and O–H groups in total. The van der Waals surface area contributed by atoms with Gasteiger partial charge in [0.15, 0.2) is 0 Å². The molecule has 0 spiro atoms. The van der Waals surface area contributed by atoms with E-state index in [9.17, 15) is 0 Å². The average molecular weight is 160 g/mol. The zero-order valence-electron chi connectivity index (χ0n) is 7.41.